The first-order chi connectivity index (χ1) is 17.2. The second kappa shape index (κ2) is 9.05. The summed E-state index contributed by atoms with van der Waals surface area (Å²) >= 11 is 3.71. The first-order valence-electron chi connectivity index (χ1n) is 13.1. The molecule has 192 valence electrons. The molecule has 2 saturated carbocycles. The van der Waals surface area contributed by atoms with E-state index in [1.807, 2.05) is 40.1 Å². The molecular weight excluding hydrogens is 529 g/mol. The van der Waals surface area contributed by atoms with Crippen LogP contribution in [0.15, 0.2) is 51.9 Å². The number of alkyl halides is 3. The Hall–Kier alpha value is -2.06. The van der Waals surface area contributed by atoms with Crippen LogP contribution < -0.4 is 9.80 Å². The highest BCUT2D eigenvalue weighted by Crippen LogP contribution is 2.50. The lowest BCUT2D eigenvalue weighted by atomic mass is 10.0. The molecule has 4 aliphatic rings. The van der Waals surface area contributed by atoms with Gasteiger partial charge in [-0.25, -0.2) is 4.99 Å². The van der Waals surface area contributed by atoms with Crippen molar-refractivity contribution in [2.45, 2.75) is 63.7 Å². The maximum Gasteiger partial charge on any atom is 0.412 e. The normalized spacial score (nSPS) is 23.5. The number of fused-ring (bicyclic) bond motifs is 3. The zero-order valence-corrected chi connectivity index (χ0v) is 22.3. The molecule has 0 bridgehead atoms. The van der Waals surface area contributed by atoms with Crippen molar-refractivity contribution >= 4 is 39.0 Å². The van der Waals surface area contributed by atoms with Crippen LogP contribution in [0.4, 0.5) is 30.2 Å². The predicted molar refractivity (Wildman–Crippen MR) is 142 cm³/mol. The number of nitrogens with zero attached hydrogens (tertiary/aromatic N) is 4. The van der Waals surface area contributed by atoms with Crippen molar-refractivity contribution in [1.82, 2.24) is 4.90 Å². The molecule has 2 aromatic carbocycles. The highest BCUT2D eigenvalue weighted by Gasteiger charge is 2.56. The SMILES string of the molecule is CC(C)c1ccc(N2C3=NC(C(F)(F)F)C(CN(CC4CC4)CC4CC4)N3c3ccccc32)c(Br)c1. The van der Waals surface area contributed by atoms with Crippen LogP contribution in [0, 0.1) is 11.8 Å². The highest BCUT2D eigenvalue weighted by atomic mass is 79.9. The van der Waals surface area contributed by atoms with Gasteiger partial charge in [-0.3, -0.25) is 4.90 Å². The van der Waals surface area contributed by atoms with Crippen LogP contribution in [0.25, 0.3) is 0 Å². The van der Waals surface area contributed by atoms with E-state index in [1.165, 1.54) is 31.2 Å². The van der Waals surface area contributed by atoms with E-state index in [4.69, 9.17) is 0 Å². The molecule has 2 unspecified atom stereocenters. The molecule has 2 aliphatic carbocycles. The van der Waals surface area contributed by atoms with Crippen molar-refractivity contribution < 1.29 is 13.2 Å². The minimum absolute atomic E-state index is 0.351. The predicted octanol–water partition coefficient (Wildman–Crippen LogP) is 7.32. The van der Waals surface area contributed by atoms with E-state index in [0.717, 1.165) is 34.6 Å². The molecule has 2 aromatic rings. The molecule has 36 heavy (non-hydrogen) atoms. The lowest BCUT2D eigenvalue weighted by Crippen LogP contribution is -2.52. The third-order valence-corrected chi connectivity index (χ3v) is 8.47. The maximum atomic E-state index is 14.5. The smallest absolute Gasteiger partial charge is 0.303 e. The van der Waals surface area contributed by atoms with E-state index in [-0.39, 0.29) is 0 Å². The second-order valence-corrected chi connectivity index (χ2v) is 12.0. The molecule has 4 nitrogen and oxygen atoms in total. The summed E-state index contributed by atoms with van der Waals surface area (Å²) in [5.41, 5.74) is 3.65. The minimum atomic E-state index is -4.41. The van der Waals surface area contributed by atoms with Gasteiger partial charge in [-0.2, -0.15) is 13.2 Å². The number of halogens is 4. The van der Waals surface area contributed by atoms with Crippen molar-refractivity contribution in [3.05, 3.63) is 52.5 Å². The van der Waals surface area contributed by atoms with Crippen LogP contribution in [0.3, 0.4) is 0 Å². The molecule has 0 N–H and O–H groups in total. The number of para-hydroxylation sites is 2. The molecular formula is C28H32BrF3N4. The Labute approximate surface area is 219 Å². The minimum Gasteiger partial charge on any atom is -0.303 e. The molecule has 0 amide bonds. The van der Waals surface area contributed by atoms with E-state index in [1.54, 1.807) is 0 Å². The van der Waals surface area contributed by atoms with Gasteiger partial charge in [0.15, 0.2) is 6.04 Å². The quantitative estimate of drug-likeness (QED) is 0.337. The number of hydrogen-bond acceptors (Lipinski definition) is 4. The number of guanidine groups is 1. The van der Waals surface area contributed by atoms with E-state index in [9.17, 15) is 13.2 Å². The summed E-state index contributed by atoms with van der Waals surface area (Å²) in [5, 5.41) is 0. The van der Waals surface area contributed by atoms with Crippen LogP contribution in [0.5, 0.6) is 0 Å². The van der Waals surface area contributed by atoms with Gasteiger partial charge in [-0.15, -0.1) is 0 Å². The molecule has 6 rings (SSSR count). The molecule has 0 saturated heterocycles. The lowest BCUT2D eigenvalue weighted by Gasteiger charge is -2.33. The zero-order valence-electron chi connectivity index (χ0n) is 20.7. The Bertz CT molecular complexity index is 1160. The summed E-state index contributed by atoms with van der Waals surface area (Å²) in [6.07, 6.45) is 0.355. The molecule has 0 spiro atoms. The summed E-state index contributed by atoms with van der Waals surface area (Å²) < 4.78 is 44.2. The topological polar surface area (TPSA) is 22.1 Å². The lowest BCUT2D eigenvalue weighted by molar-refractivity contribution is -0.150. The van der Waals surface area contributed by atoms with E-state index >= 15 is 0 Å². The number of anilines is 3. The van der Waals surface area contributed by atoms with Crippen LogP contribution in [0.2, 0.25) is 0 Å². The maximum absolute atomic E-state index is 14.5. The van der Waals surface area contributed by atoms with Gasteiger partial charge < -0.3 is 9.80 Å². The van der Waals surface area contributed by atoms with Gasteiger partial charge in [0.1, 0.15) is 0 Å². The van der Waals surface area contributed by atoms with Crippen molar-refractivity contribution in [2.24, 2.45) is 16.8 Å². The molecule has 0 aromatic heterocycles. The highest BCUT2D eigenvalue weighted by molar-refractivity contribution is 9.10. The van der Waals surface area contributed by atoms with E-state index in [2.05, 4.69) is 51.8 Å². The Morgan fingerprint density at radius 2 is 1.58 bits per heavy atom. The fourth-order valence-electron chi connectivity index (χ4n) is 5.57. The summed E-state index contributed by atoms with van der Waals surface area (Å²) in [4.78, 5) is 10.5. The van der Waals surface area contributed by atoms with Crippen LogP contribution >= 0.6 is 15.9 Å². The van der Waals surface area contributed by atoms with Gasteiger partial charge in [0.25, 0.3) is 0 Å². The molecule has 2 aliphatic heterocycles. The fraction of sp³-hybridized carbons (Fsp3) is 0.536. The standard InChI is InChI=1S/C28H32BrF3N4/c1-17(2)20-11-12-22(21(29)13-20)35-23-5-3-4-6-24(23)36-25(26(28(30,31)32)33-27(35)36)16-34(14-18-7-8-18)15-19-9-10-19/h3-6,11-13,17-19,25-26H,7-10,14-16H2,1-2H3. The Morgan fingerprint density at radius 3 is 2.14 bits per heavy atom. The molecule has 2 atom stereocenters. The van der Waals surface area contributed by atoms with Gasteiger partial charge in [0.2, 0.25) is 5.96 Å². The first kappa shape index (κ1) is 24.3. The summed E-state index contributed by atoms with van der Waals surface area (Å²) in [5.74, 6) is 1.99. The Kier molecular flexibility index (Phi) is 6.10. The summed E-state index contributed by atoms with van der Waals surface area (Å²) in [7, 11) is 0. The molecule has 2 heterocycles. The van der Waals surface area contributed by atoms with Gasteiger partial charge in [-0.05, 0) is 89.2 Å². The number of aliphatic imine (C=N–C) groups is 1. The van der Waals surface area contributed by atoms with Crippen molar-refractivity contribution in [2.75, 3.05) is 29.4 Å². The number of hydrogen-bond donors (Lipinski definition) is 0. The van der Waals surface area contributed by atoms with Crippen LogP contribution in [-0.2, 0) is 0 Å². The third kappa shape index (κ3) is 4.55. The van der Waals surface area contributed by atoms with Gasteiger partial charge in [0.05, 0.1) is 23.1 Å². The average molecular weight is 561 g/mol. The van der Waals surface area contributed by atoms with E-state index in [0.29, 0.717) is 30.3 Å². The largest absolute Gasteiger partial charge is 0.412 e. The summed E-state index contributed by atoms with van der Waals surface area (Å²) in [6.45, 7) is 6.42. The third-order valence-electron chi connectivity index (χ3n) is 7.83. The Balaban J connectivity index is 1.40. The molecule has 2 fully saturated rings. The summed E-state index contributed by atoms with van der Waals surface area (Å²) in [6, 6.07) is 11.3. The molecule has 8 heteroatoms. The van der Waals surface area contributed by atoms with Crippen molar-refractivity contribution in [3.63, 3.8) is 0 Å². The zero-order chi connectivity index (χ0) is 25.2. The van der Waals surface area contributed by atoms with Crippen molar-refractivity contribution in [1.29, 1.82) is 0 Å². The van der Waals surface area contributed by atoms with Crippen LogP contribution in [-0.4, -0.2) is 48.8 Å². The Morgan fingerprint density at radius 1 is 0.944 bits per heavy atom. The second-order valence-electron chi connectivity index (χ2n) is 11.1. The number of benzene rings is 2. The van der Waals surface area contributed by atoms with Gasteiger partial charge in [0, 0.05) is 24.1 Å². The first-order valence-corrected chi connectivity index (χ1v) is 13.8. The average Bonchev–Trinajstić information content (AvgIpc) is 3.74. The van der Waals surface area contributed by atoms with Crippen LogP contribution in [0.1, 0.15) is 51.0 Å². The monoisotopic (exact) mass is 560 g/mol. The van der Waals surface area contributed by atoms with Crippen molar-refractivity contribution in [3.8, 4) is 0 Å². The van der Waals surface area contributed by atoms with Gasteiger partial charge >= 0.3 is 6.18 Å². The molecule has 0 radical (unpaired) electrons. The number of rotatable bonds is 8. The fourth-order valence-corrected chi connectivity index (χ4v) is 6.15. The van der Waals surface area contributed by atoms with E-state index < -0.39 is 18.3 Å². The van der Waals surface area contributed by atoms with Gasteiger partial charge in [-0.1, -0.05) is 32.0 Å².